The fraction of sp³-hybridized carbons (Fsp3) is 0.296. The van der Waals surface area contributed by atoms with Gasteiger partial charge in [0, 0.05) is 23.6 Å². The number of aromatic nitrogens is 2. The van der Waals surface area contributed by atoms with Gasteiger partial charge in [-0.3, -0.25) is 19.6 Å². The fourth-order valence-electron chi connectivity index (χ4n) is 5.00. The second-order valence-electron chi connectivity index (χ2n) is 9.77. The van der Waals surface area contributed by atoms with Crippen molar-refractivity contribution >= 4 is 11.6 Å². The molecule has 0 amide bonds. The highest BCUT2D eigenvalue weighted by Crippen LogP contribution is 2.48. The lowest BCUT2D eigenvalue weighted by Gasteiger charge is -2.38. The van der Waals surface area contributed by atoms with Crippen LogP contribution in [0.4, 0.5) is 5.82 Å². The Morgan fingerprint density at radius 2 is 1.74 bits per heavy atom. The number of anilines is 1. The topological polar surface area (TPSA) is 113 Å². The van der Waals surface area contributed by atoms with Gasteiger partial charge in [0.15, 0.2) is 17.3 Å². The average Bonchev–Trinajstić information content (AvgIpc) is 2.81. The first-order valence-corrected chi connectivity index (χ1v) is 11.5. The number of H-pyrrole nitrogens is 2. The van der Waals surface area contributed by atoms with Crippen LogP contribution in [0.3, 0.4) is 0 Å². The highest BCUT2D eigenvalue weighted by Gasteiger charge is 2.42. The molecule has 2 heterocycles. The molecule has 0 spiro atoms. The van der Waals surface area contributed by atoms with Crippen molar-refractivity contribution in [3.05, 3.63) is 97.3 Å². The maximum atomic E-state index is 13.4. The molecule has 8 heteroatoms. The number of allylic oxidation sites excluding steroid dienone is 2. The molecule has 2 aromatic carbocycles. The Hall–Kier alpha value is -4.07. The number of nitrogens with one attached hydrogen (secondary N) is 3. The van der Waals surface area contributed by atoms with Gasteiger partial charge in [0.25, 0.3) is 5.56 Å². The monoisotopic (exact) mass is 473 g/mol. The summed E-state index contributed by atoms with van der Waals surface area (Å²) in [6, 6.07) is 15.2. The van der Waals surface area contributed by atoms with Gasteiger partial charge >= 0.3 is 5.69 Å². The summed E-state index contributed by atoms with van der Waals surface area (Å²) in [5, 5.41) is 3.17. The smallest absolute Gasteiger partial charge is 0.327 e. The average molecular weight is 474 g/mol. The van der Waals surface area contributed by atoms with E-state index in [-0.39, 0.29) is 11.2 Å². The van der Waals surface area contributed by atoms with E-state index >= 15 is 0 Å². The van der Waals surface area contributed by atoms with Crippen molar-refractivity contribution in [2.45, 2.75) is 39.2 Å². The molecule has 0 saturated heterocycles. The molecule has 3 aromatic rings. The molecule has 3 N–H and O–H groups in total. The first-order chi connectivity index (χ1) is 16.8. The van der Waals surface area contributed by atoms with Crippen LogP contribution >= 0.6 is 0 Å². The van der Waals surface area contributed by atoms with Crippen LogP contribution in [0.25, 0.3) is 0 Å². The molecule has 2 aliphatic rings. The van der Waals surface area contributed by atoms with Gasteiger partial charge in [0.2, 0.25) is 0 Å². The van der Waals surface area contributed by atoms with Gasteiger partial charge in [-0.05, 0) is 35.1 Å². The fourth-order valence-corrected chi connectivity index (χ4v) is 5.00. The third kappa shape index (κ3) is 4.27. The Kier molecular flexibility index (Phi) is 5.59. The zero-order valence-corrected chi connectivity index (χ0v) is 19.9. The van der Waals surface area contributed by atoms with E-state index in [0.717, 1.165) is 11.3 Å². The van der Waals surface area contributed by atoms with Crippen LogP contribution in [-0.4, -0.2) is 22.9 Å². The zero-order chi connectivity index (χ0) is 24.7. The lowest BCUT2D eigenvalue weighted by Crippen LogP contribution is -2.38. The number of Topliss-reactive ketones (excluding diaryl/α,β-unsaturated/α-hetero) is 1. The quantitative estimate of drug-likeness (QED) is 0.519. The molecule has 0 bridgehead atoms. The van der Waals surface area contributed by atoms with Crippen molar-refractivity contribution in [2.24, 2.45) is 5.41 Å². The number of ketones is 1. The van der Waals surface area contributed by atoms with Crippen LogP contribution in [0, 0.1) is 5.41 Å². The van der Waals surface area contributed by atoms with Crippen LogP contribution in [0.1, 0.15) is 49.3 Å². The van der Waals surface area contributed by atoms with Crippen LogP contribution in [0.2, 0.25) is 0 Å². The summed E-state index contributed by atoms with van der Waals surface area (Å²) >= 11 is 0. The molecule has 0 radical (unpaired) electrons. The number of ether oxygens (including phenoxy) is 2. The predicted molar refractivity (Wildman–Crippen MR) is 132 cm³/mol. The number of fused-ring (bicyclic) bond motifs is 1. The molecule has 0 fully saturated rings. The molecular formula is C27H27N3O5. The van der Waals surface area contributed by atoms with E-state index in [2.05, 4.69) is 15.3 Å². The molecule has 0 saturated carbocycles. The SMILES string of the molecule is COc1cc([C@H]2C3=C(CC(C)(C)CC3=O)Nc3[nH]c(=O)[nH]c(=O)c32)ccc1OCc1ccccc1. The first-order valence-electron chi connectivity index (χ1n) is 11.5. The molecule has 180 valence electrons. The molecule has 1 atom stereocenters. The summed E-state index contributed by atoms with van der Waals surface area (Å²) < 4.78 is 11.6. The number of carbonyl (C=O) groups is 1. The first kappa shape index (κ1) is 22.7. The summed E-state index contributed by atoms with van der Waals surface area (Å²) in [7, 11) is 1.55. The number of aromatic amines is 2. The van der Waals surface area contributed by atoms with Crippen molar-refractivity contribution in [1.29, 1.82) is 0 Å². The van der Waals surface area contributed by atoms with E-state index in [1.165, 1.54) is 0 Å². The standard InChI is InChI=1S/C27H27N3O5/c1-27(2)12-17-22(18(31)13-27)21(23-24(28-17)29-26(33)30-25(23)32)16-9-10-19(20(11-16)34-3)35-14-15-7-5-4-6-8-15/h4-11,21H,12-14H2,1-3H3,(H3,28,29,30,32,33)/t21-/m0/s1. The molecule has 5 rings (SSSR count). The summed E-state index contributed by atoms with van der Waals surface area (Å²) in [4.78, 5) is 43.3. The lowest BCUT2D eigenvalue weighted by atomic mass is 9.69. The van der Waals surface area contributed by atoms with E-state index < -0.39 is 17.2 Å². The minimum atomic E-state index is -0.650. The van der Waals surface area contributed by atoms with Crippen LogP contribution in [-0.2, 0) is 11.4 Å². The third-order valence-corrected chi connectivity index (χ3v) is 6.51. The minimum Gasteiger partial charge on any atom is -0.493 e. The Bertz CT molecular complexity index is 1450. The van der Waals surface area contributed by atoms with Gasteiger partial charge in [0.1, 0.15) is 12.4 Å². The van der Waals surface area contributed by atoms with Gasteiger partial charge in [-0.25, -0.2) is 4.79 Å². The Balaban J connectivity index is 1.60. The van der Waals surface area contributed by atoms with Gasteiger partial charge in [-0.2, -0.15) is 0 Å². The summed E-state index contributed by atoms with van der Waals surface area (Å²) in [5.41, 5.74) is 1.93. The predicted octanol–water partition coefficient (Wildman–Crippen LogP) is 3.85. The largest absolute Gasteiger partial charge is 0.493 e. The van der Waals surface area contributed by atoms with Gasteiger partial charge < -0.3 is 14.8 Å². The summed E-state index contributed by atoms with van der Waals surface area (Å²) in [5.74, 6) is 0.687. The molecule has 1 aromatic heterocycles. The number of methoxy groups -OCH3 is 1. The van der Waals surface area contributed by atoms with Crippen molar-refractivity contribution in [3.8, 4) is 11.5 Å². The van der Waals surface area contributed by atoms with E-state index in [0.29, 0.717) is 53.5 Å². The van der Waals surface area contributed by atoms with E-state index in [1.807, 2.05) is 50.2 Å². The Labute approximate surface area is 202 Å². The van der Waals surface area contributed by atoms with E-state index in [9.17, 15) is 14.4 Å². The lowest BCUT2D eigenvalue weighted by molar-refractivity contribution is -0.118. The highest BCUT2D eigenvalue weighted by molar-refractivity contribution is 6.01. The number of hydrogen-bond acceptors (Lipinski definition) is 6. The van der Waals surface area contributed by atoms with Crippen molar-refractivity contribution in [1.82, 2.24) is 9.97 Å². The Morgan fingerprint density at radius 1 is 0.971 bits per heavy atom. The minimum absolute atomic E-state index is 0.0200. The van der Waals surface area contributed by atoms with Crippen molar-refractivity contribution in [3.63, 3.8) is 0 Å². The molecule has 0 unspecified atom stereocenters. The van der Waals surface area contributed by atoms with Crippen molar-refractivity contribution in [2.75, 3.05) is 12.4 Å². The number of hydrogen-bond donors (Lipinski definition) is 3. The summed E-state index contributed by atoms with van der Waals surface area (Å²) in [6.07, 6.45) is 0.990. The second-order valence-corrected chi connectivity index (χ2v) is 9.77. The van der Waals surface area contributed by atoms with E-state index in [1.54, 1.807) is 19.2 Å². The van der Waals surface area contributed by atoms with E-state index in [4.69, 9.17) is 9.47 Å². The van der Waals surface area contributed by atoms with Crippen LogP contribution in [0.5, 0.6) is 11.5 Å². The van der Waals surface area contributed by atoms with Gasteiger partial charge in [0.05, 0.1) is 12.7 Å². The molecule has 35 heavy (non-hydrogen) atoms. The second kappa shape index (κ2) is 8.61. The van der Waals surface area contributed by atoms with Crippen LogP contribution < -0.4 is 26.0 Å². The molecular weight excluding hydrogens is 446 g/mol. The molecule has 1 aliphatic heterocycles. The maximum Gasteiger partial charge on any atom is 0.327 e. The van der Waals surface area contributed by atoms with Gasteiger partial charge in [-0.15, -0.1) is 0 Å². The van der Waals surface area contributed by atoms with Crippen molar-refractivity contribution < 1.29 is 14.3 Å². The van der Waals surface area contributed by atoms with Crippen LogP contribution in [0.15, 0.2) is 69.4 Å². The molecule has 1 aliphatic carbocycles. The highest BCUT2D eigenvalue weighted by atomic mass is 16.5. The zero-order valence-electron chi connectivity index (χ0n) is 19.9. The normalized spacial score (nSPS) is 18.4. The number of rotatable bonds is 5. The Morgan fingerprint density at radius 3 is 2.49 bits per heavy atom. The summed E-state index contributed by atoms with van der Waals surface area (Å²) in [6.45, 7) is 4.43. The molecule has 8 nitrogen and oxygen atoms in total. The maximum absolute atomic E-state index is 13.4. The number of carbonyl (C=O) groups excluding carboxylic acids is 1. The number of benzene rings is 2. The third-order valence-electron chi connectivity index (χ3n) is 6.51. The van der Waals surface area contributed by atoms with Gasteiger partial charge in [-0.1, -0.05) is 50.2 Å².